The maximum absolute atomic E-state index is 12.5. The number of rotatable bonds is 3. The zero-order valence-corrected chi connectivity index (χ0v) is 20.2. The minimum atomic E-state index is -5.20. The molecule has 0 aromatic heterocycles. The Morgan fingerprint density at radius 1 is 0.818 bits per heavy atom. The molecule has 0 fully saturated rings. The number of hydrogen-bond donors (Lipinski definition) is 0. The first kappa shape index (κ1) is 43.0. The molecule has 206 valence electrons. The van der Waals surface area contributed by atoms with Crippen molar-refractivity contribution in [1.29, 1.82) is 0 Å². The third-order valence-corrected chi connectivity index (χ3v) is 4.56. The molecule has 2 atom stereocenters. The van der Waals surface area contributed by atoms with Crippen molar-refractivity contribution in [3.63, 3.8) is 0 Å². The summed E-state index contributed by atoms with van der Waals surface area (Å²) in [5.74, 6) is -1.69. The van der Waals surface area contributed by atoms with Crippen molar-refractivity contribution in [1.82, 2.24) is 0 Å². The van der Waals surface area contributed by atoms with Gasteiger partial charge in [0.05, 0.1) is 18.6 Å². The summed E-state index contributed by atoms with van der Waals surface area (Å²) in [6.45, 7) is 4.14. The Bertz CT molecular complexity index is 494. The predicted molar refractivity (Wildman–Crippen MR) is 115 cm³/mol. The van der Waals surface area contributed by atoms with E-state index in [0.29, 0.717) is 35.6 Å². The molecule has 0 amide bonds. The van der Waals surface area contributed by atoms with Gasteiger partial charge in [0.1, 0.15) is 0 Å². The number of hydrogen-bond acceptors (Lipinski definition) is 0. The molecule has 17 heteroatoms. The molecule has 33 heavy (non-hydrogen) atoms. The van der Waals surface area contributed by atoms with Gasteiger partial charge >= 0.3 is 24.7 Å². The van der Waals surface area contributed by atoms with Crippen molar-refractivity contribution in [3.05, 3.63) is 25.3 Å². The fraction of sp³-hybridized carbons (Fsp3) is 0.750. The maximum atomic E-state index is 12.5. The molecular weight excluding hydrogens is 731 g/mol. The number of allylic oxidation sites excluding steroid dienone is 1. The highest BCUT2D eigenvalue weighted by Gasteiger charge is 2.55. The van der Waals surface area contributed by atoms with Gasteiger partial charge in [0.25, 0.3) is 0 Å². The summed E-state index contributed by atoms with van der Waals surface area (Å²) in [4.78, 5) is 0. The molecule has 0 spiro atoms. The lowest BCUT2D eigenvalue weighted by Crippen LogP contribution is -2.37. The summed E-state index contributed by atoms with van der Waals surface area (Å²) >= 11 is 2.02. The number of halogens is 17. The Kier molecular flexibility index (Phi) is 23.7. The molecule has 0 aromatic rings. The van der Waals surface area contributed by atoms with Crippen LogP contribution in [0.4, 0.5) is 65.9 Å². The van der Waals surface area contributed by atoms with Gasteiger partial charge < -0.3 is 0 Å². The van der Waals surface area contributed by atoms with E-state index < -0.39 is 46.6 Å². The van der Waals surface area contributed by atoms with Crippen molar-refractivity contribution < 1.29 is 67.3 Å². The Balaban J connectivity index is -0.0000000794. The fourth-order valence-electron chi connectivity index (χ4n) is 0.723. The van der Waals surface area contributed by atoms with Gasteiger partial charge in [-0.1, -0.05) is 66.1 Å². The smallest absolute Gasteiger partial charge is 0.234 e. The van der Waals surface area contributed by atoms with Gasteiger partial charge in [-0.25, -0.2) is 13.2 Å². The highest BCUT2D eigenvalue weighted by molar-refractivity contribution is 14.1. The first-order valence-corrected chi connectivity index (χ1v) is 10.3. The molecule has 0 nitrogen and oxygen atoms in total. The van der Waals surface area contributed by atoms with Crippen molar-refractivity contribution >= 4 is 45.2 Å². The second-order valence-electron chi connectivity index (χ2n) is 5.38. The molecule has 0 aliphatic rings. The van der Waals surface area contributed by atoms with Crippen LogP contribution >= 0.6 is 45.2 Å². The molecule has 0 aliphatic carbocycles. The zero-order chi connectivity index (χ0) is 27.2. The lowest BCUT2D eigenvalue weighted by atomic mass is 10.1. The van der Waals surface area contributed by atoms with Gasteiger partial charge in [0.15, 0.2) is 0 Å². The highest BCUT2D eigenvalue weighted by Crippen LogP contribution is 2.39. The summed E-state index contributed by atoms with van der Waals surface area (Å²) in [7, 11) is 0. The predicted octanol–water partition coefficient (Wildman–Crippen LogP) is 10.7. The van der Waals surface area contributed by atoms with E-state index in [1.165, 1.54) is 0 Å². The molecule has 0 N–H and O–H groups in total. The molecule has 0 saturated carbocycles. The van der Waals surface area contributed by atoms with E-state index >= 15 is 0 Å². The molecule has 0 heterocycles. The topological polar surface area (TPSA) is 0 Å². The van der Waals surface area contributed by atoms with Crippen molar-refractivity contribution in [2.75, 3.05) is 4.43 Å². The molecule has 0 aromatic carbocycles. The van der Waals surface area contributed by atoms with Gasteiger partial charge in [-0.15, -0.1) is 0 Å². The normalized spacial score (nSPS) is 14.9. The van der Waals surface area contributed by atoms with Crippen LogP contribution in [-0.4, -0.2) is 38.7 Å². The SMILES string of the molecule is C.C=CF.CC(/C=C\F)C(F)(F)F.CC(F)(CCI)C(F)(F)F.FC(F)(F)C(I)C(F)(F)F.[2HH]. The summed E-state index contributed by atoms with van der Waals surface area (Å²) in [5.41, 5.74) is -3.02. The second-order valence-corrected chi connectivity index (χ2v) is 7.71. The standard InChI is InChI=1S/C5H7F4I.C5H6F4.C3HF6I.C2H3F.CH4.H2/c1-4(6,2-3-10)5(7,8)9;1-4(2-3-6)5(7,8)9;4-2(5,6)1(10)3(7,8)9;1-2-3;;/h2-3H2,1H3;2-4H,1H3;1H;2H,1H2;1H4;1H/b;3-2-;;;;/i;;;;;1+1. The van der Waals surface area contributed by atoms with Gasteiger partial charge in [0, 0.05) is 5.85 Å². The summed E-state index contributed by atoms with van der Waals surface area (Å²) < 4.78 is 167. The van der Waals surface area contributed by atoms with Crippen LogP contribution in [0.15, 0.2) is 25.3 Å². The van der Waals surface area contributed by atoms with Crippen LogP contribution in [0.3, 0.4) is 0 Å². The molecule has 0 rings (SSSR count). The van der Waals surface area contributed by atoms with Crippen molar-refractivity contribution in [3.8, 4) is 0 Å². The monoisotopic (exact) mass is 755 g/mol. The van der Waals surface area contributed by atoms with E-state index in [0.717, 1.165) is 6.92 Å². The minimum Gasteiger partial charge on any atom is -0.234 e. The third kappa shape index (κ3) is 24.8. The van der Waals surface area contributed by atoms with Gasteiger partial charge in [-0.05, 0) is 19.4 Å². The van der Waals surface area contributed by atoms with Crippen LogP contribution < -0.4 is 0 Å². The van der Waals surface area contributed by atoms with Crippen LogP contribution in [0.5, 0.6) is 0 Å². The van der Waals surface area contributed by atoms with Crippen LogP contribution in [0.2, 0.25) is 0 Å². The highest BCUT2D eigenvalue weighted by atomic mass is 127. The van der Waals surface area contributed by atoms with Crippen LogP contribution in [0.1, 0.15) is 29.1 Å². The lowest BCUT2D eigenvalue weighted by molar-refractivity contribution is -0.223. The van der Waals surface area contributed by atoms with Gasteiger partial charge in [-0.3, -0.25) is 0 Å². The summed E-state index contributed by atoms with van der Waals surface area (Å²) in [6, 6.07) is 0. The lowest BCUT2D eigenvalue weighted by Gasteiger charge is -2.22. The molecule has 0 bridgehead atoms. The Morgan fingerprint density at radius 2 is 1.12 bits per heavy atom. The quantitative estimate of drug-likeness (QED) is 0.153. The van der Waals surface area contributed by atoms with Crippen LogP contribution in [-0.2, 0) is 0 Å². The molecular formula is C16H23F15I2. The van der Waals surface area contributed by atoms with Crippen LogP contribution in [0, 0.1) is 5.92 Å². The first-order valence-electron chi connectivity index (χ1n) is 7.50. The largest absolute Gasteiger partial charge is 0.422 e. The summed E-state index contributed by atoms with van der Waals surface area (Å²) in [6.07, 6.45) is -19.3. The van der Waals surface area contributed by atoms with E-state index in [-0.39, 0.29) is 25.9 Å². The first-order chi connectivity index (χ1) is 13.9. The zero-order valence-electron chi connectivity index (χ0n) is 15.9. The van der Waals surface area contributed by atoms with E-state index in [9.17, 15) is 65.9 Å². The van der Waals surface area contributed by atoms with E-state index in [4.69, 9.17) is 0 Å². The maximum Gasteiger partial charge on any atom is 0.422 e. The van der Waals surface area contributed by atoms with Gasteiger partial charge in [-0.2, -0.15) is 52.7 Å². The Labute approximate surface area is 209 Å². The third-order valence-electron chi connectivity index (χ3n) is 2.61. The molecule has 0 radical (unpaired) electrons. The van der Waals surface area contributed by atoms with Gasteiger partial charge in [0.2, 0.25) is 9.59 Å². The van der Waals surface area contributed by atoms with E-state index in [1.807, 2.05) is 0 Å². The van der Waals surface area contributed by atoms with Crippen molar-refractivity contribution in [2.45, 2.75) is 62.0 Å². The Morgan fingerprint density at radius 3 is 1.18 bits per heavy atom. The summed E-state index contributed by atoms with van der Waals surface area (Å²) in [5, 5.41) is 0. The van der Waals surface area contributed by atoms with E-state index in [1.54, 1.807) is 22.6 Å². The van der Waals surface area contributed by atoms with Crippen LogP contribution in [0.25, 0.3) is 0 Å². The Hall–Kier alpha value is -0.110. The average Bonchev–Trinajstić information content (AvgIpc) is 2.52. The van der Waals surface area contributed by atoms with Crippen molar-refractivity contribution in [2.24, 2.45) is 5.92 Å². The average molecular weight is 755 g/mol. The minimum absolute atomic E-state index is 0. The molecule has 0 saturated heterocycles. The molecule has 0 aliphatic heterocycles. The number of alkyl halides is 15. The van der Waals surface area contributed by atoms with E-state index in [2.05, 4.69) is 6.58 Å². The fourth-order valence-corrected chi connectivity index (χ4v) is 1.74. The second kappa shape index (κ2) is 18.2. The molecule has 2 unspecified atom stereocenters.